The molecule has 0 fully saturated rings. The number of aromatic nitrogens is 3. The highest BCUT2D eigenvalue weighted by Crippen LogP contribution is 2.24. The standard InChI is InChI=1S/C13H9BrFN3/c1-7-2-3-9(15)5-10(7)12-17-11-4-8(14)6-16-13(11)18-12/h2-6H,1H3,(H,16,17,18). The molecule has 0 atom stereocenters. The molecule has 0 aliphatic heterocycles. The molecular formula is C13H9BrFN3. The fourth-order valence-corrected chi connectivity index (χ4v) is 2.18. The van der Waals surface area contributed by atoms with E-state index in [1.807, 2.05) is 13.0 Å². The van der Waals surface area contributed by atoms with Gasteiger partial charge in [-0.25, -0.2) is 14.4 Å². The van der Waals surface area contributed by atoms with E-state index in [1.54, 1.807) is 12.3 Å². The van der Waals surface area contributed by atoms with E-state index in [0.717, 1.165) is 21.1 Å². The number of fused-ring (bicyclic) bond motifs is 1. The van der Waals surface area contributed by atoms with E-state index < -0.39 is 0 Å². The van der Waals surface area contributed by atoms with Crippen LogP contribution in [0.25, 0.3) is 22.6 Å². The summed E-state index contributed by atoms with van der Waals surface area (Å²) in [5.41, 5.74) is 3.17. The molecule has 90 valence electrons. The van der Waals surface area contributed by atoms with Gasteiger partial charge in [-0.15, -0.1) is 0 Å². The third kappa shape index (κ3) is 1.90. The van der Waals surface area contributed by atoms with E-state index in [0.29, 0.717) is 11.5 Å². The van der Waals surface area contributed by atoms with E-state index in [2.05, 4.69) is 30.9 Å². The maximum absolute atomic E-state index is 13.3. The number of hydrogen-bond acceptors (Lipinski definition) is 2. The SMILES string of the molecule is Cc1ccc(F)cc1-c1nc2ncc(Br)cc2[nH]1. The van der Waals surface area contributed by atoms with E-state index in [-0.39, 0.29) is 5.82 Å². The van der Waals surface area contributed by atoms with Gasteiger partial charge < -0.3 is 4.98 Å². The molecule has 0 amide bonds. The Labute approximate surface area is 111 Å². The number of nitrogens with one attached hydrogen (secondary N) is 1. The number of benzene rings is 1. The predicted octanol–water partition coefficient (Wildman–Crippen LogP) is 3.83. The highest BCUT2D eigenvalue weighted by atomic mass is 79.9. The first-order valence-electron chi connectivity index (χ1n) is 5.41. The fourth-order valence-electron chi connectivity index (χ4n) is 1.85. The number of imidazole rings is 1. The molecule has 0 unspecified atom stereocenters. The van der Waals surface area contributed by atoms with Crippen molar-refractivity contribution in [2.75, 3.05) is 0 Å². The average Bonchev–Trinajstić information content (AvgIpc) is 2.74. The molecule has 1 N–H and O–H groups in total. The largest absolute Gasteiger partial charge is 0.337 e. The van der Waals surface area contributed by atoms with Gasteiger partial charge in [0, 0.05) is 16.2 Å². The summed E-state index contributed by atoms with van der Waals surface area (Å²) < 4.78 is 14.2. The molecule has 3 rings (SSSR count). The Morgan fingerprint density at radius 2 is 2.11 bits per heavy atom. The number of nitrogens with zero attached hydrogens (tertiary/aromatic N) is 2. The van der Waals surface area contributed by atoms with Gasteiger partial charge in [-0.2, -0.15) is 0 Å². The molecule has 5 heteroatoms. The van der Waals surface area contributed by atoms with Gasteiger partial charge in [0.15, 0.2) is 5.65 Å². The van der Waals surface area contributed by atoms with Crippen molar-refractivity contribution >= 4 is 27.1 Å². The molecule has 0 spiro atoms. The second-order valence-corrected chi connectivity index (χ2v) is 4.99. The number of halogens is 2. The molecule has 0 radical (unpaired) electrons. The summed E-state index contributed by atoms with van der Waals surface area (Å²) in [6, 6.07) is 6.55. The normalized spacial score (nSPS) is 11.1. The third-order valence-corrected chi connectivity index (χ3v) is 3.19. The fraction of sp³-hybridized carbons (Fsp3) is 0.0769. The smallest absolute Gasteiger partial charge is 0.178 e. The van der Waals surface area contributed by atoms with Crippen LogP contribution in [0, 0.1) is 12.7 Å². The number of pyridine rings is 1. The molecule has 2 heterocycles. The zero-order valence-corrected chi connectivity index (χ0v) is 11.1. The number of aryl methyl sites for hydroxylation is 1. The first-order valence-corrected chi connectivity index (χ1v) is 6.20. The van der Waals surface area contributed by atoms with Crippen LogP contribution < -0.4 is 0 Å². The lowest BCUT2D eigenvalue weighted by Gasteiger charge is -2.01. The van der Waals surface area contributed by atoms with Crippen LogP contribution in [0.3, 0.4) is 0 Å². The summed E-state index contributed by atoms with van der Waals surface area (Å²) in [7, 11) is 0. The lowest BCUT2D eigenvalue weighted by molar-refractivity contribution is 0.628. The minimum Gasteiger partial charge on any atom is -0.337 e. The van der Waals surface area contributed by atoms with Crippen molar-refractivity contribution in [2.24, 2.45) is 0 Å². The van der Waals surface area contributed by atoms with Crippen molar-refractivity contribution in [3.05, 3.63) is 46.3 Å². The second-order valence-electron chi connectivity index (χ2n) is 4.07. The quantitative estimate of drug-likeness (QED) is 0.742. The average molecular weight is 306 g/mol. The molecule has 0 saturated heterocycles. The van der Waals surface area contributed by atoms with Crippen molar-refractivity contribution in [1.82, 2.24) is 15.0 Å². The van der Waals surface area contributed by atoms with Gasteiger partial charge in [-0.3, -0.25) is 0 Å². The van der Waals surface area contributed by atoms with Crippen molar-refractivity contribution in [2.45, 2.75) is 6.92 Å². The van der Waals surface area contributed by atoms with Crippen molar-refractivity contribution in [1.29, 1.82) is 0 Å². The summed E-state index contributed by atoms with van der Waals surface area (Å²) in [5.74, 6) is 0.359. The molecule has 2 aromatic heterocycles. The lowest BCUT2D eigenvalue weighted by atomic mass is 10.1. The monoisotopic (exact) mass is 305 g/mol. The minimum absolute atomic E-state index is 0.273. The molecule has 1 aromatic carbocycles. The first kappa shape index (κ1) is 11.3. The van der Waals surface area contributed by atoms with Crippen LogP contribution in [-0.2, 0) is 0 Å². The van der Waals surface area contributed by atoms with Crippen molar-refractivity contribution in [3.63, 3.8) is 0 Å². The third-order valence-electron chi connectivity index (χ3n) is 2.76. The minimum atomic E-state index is -0.273. The van der Waals surface area contributed by atoms with Crippen LogP contribution in [0.1, 0.15) is 5.56 Å². The zero-order chi connectivity index (χ0) is 12.7. The van der Waals surface area contributed by atoms with Gasteiger partial charge in [0.2, 0.25) is 0 Å². The maximum Gasteiger partial charge on any atom is 0.178 e. The number of hydrogen-bond donors (Lipinski definition) is 1. The molecule has 0 saturated carbocycles. The van der Waals surface area contributed by atoms with Crippen LogP contribution in [0.15, 0.2) is 34.9 Å². The molecular weight excluding hydrogens is 297 g/mol. The molecule has 18 heavy (non-hydrogen) atoms. The second kappa shape index (κ2) is 4.17. The van der Waals surface area contributed by atoms with E-state index >= 15 is 0 Å². The van der Waals surface area contributed by atoms with Gasteiger partial charge in [-0.1, -0.05) is 6.07 Å². The van der Waals surface area contributed by atoms with Crippen LogP contribution >= 0.6 is 15.9 Å². The Morgan fingerprint density at radius 3 is 2.94 bits per heavy atom. The van der Waals surface area contributed by atoms with Gasteiger partial charge in [0.25, 0.3) is 0 Å². The van der Waals surface area contributed by atoms with Crippen molar-refractivity contribution < 1.29 is 4.39 Å². The summed E-state index contributed by atoms with van der Waals surface area (Å²) >= 11 is 3.35. The first-order chi connectivity index (χ1) is 8.63. The summed E-state index contributed by atoms with van der Waals surface area (Å²) in [4.78, 5) is 11.7. The van der Waals surface area contributed by atoms with Crippen LogP contribution in [0.4, 0.5) is 4.39 Å². The summed E-state index contributed by atoms with van der Waals surface area (Å²) in [6.45, 7) is 1.92. The maximum atomic E-state index is 13.3. The highest BCUT2D eigenvalue weighted by Gasteiger charge is 2.09. The van der Waals surface area contributed by atoms with E-state index in [9.17, 15) is 4.39 Å². The highest BCUT2D eigenvalue weighted by molar-refractivity contribution is 9.10. The zero-order valence-electron chi connectivity index (χ0n) is 9.54. The Morgan fingerprint density at radius 1 is 1.28 bits per heavy atom. The van der Waals surface area contributed by atoms with Crippen LogP contribution in [0.2, 0.25) is 0 Å². The lowest BCUT2D eigenvalue weighted by Crippen LogP contribution is -1.87. The number of rotatable bonds is 1. The summed E-state index contributed by atoms with van der Waals surface area (Å²) in [6.07, 6.45) is 1.69. The Bertz CT molecular complexity index is 736. The Balaban J connectivity index is 2.22. The molecule has 3 aromatic rings. The van der Waals surface area contributed by atoms with E-state index in [1.165, 1.54) is 12.1 Å². The molecule has 0 aliphatic carbocycles. The van der Waals surface area contributed by atoms with E-state index in [4.69, 9.17) is 0 Å². The van der Waals surface area contributed by atoms with Crippen molar-refractivity contribution in [3.8, 4) is 11.4 Å². The van der Waals surface area contributed by atoms with Crippen LogP contribution in [0.5, 0.6) is 0 Å². The van der Waals surface area contributed by atoms with Gasteiger partial charge in [0.1, 0.15) is 11.6 Å². The number of H-pyrrole nitrogens is 1. The Hall–Kier alpha value is -1.75. The Kier molecular flexibility index (Phi) is 2.63. The number of aromatic amines is 1. The van der Waals surface area contributed by atoms with Crippen LogP contribution in [-0.4, -0.2) is 15.0 Å². The molecule has 0 aliphatic rings. The molecule has 3 nitrogen and oxygen atoms in total. The molecule has 0 bridgehead atoms. The van der Waals surface area contributed by atoms with Gasteiger partial charge in [0.05, 0.1) is 5.52 Å². The van der Waals surface area contributed by atoms with Gasteiger partial charge >= 0.3 is 0 Å². The predicted molar refractivity (Wildman–Crippen MR) is 71.7 cm³/mol. The topological polar surface area (TPSA) is 41.6 Å². The van der Waals surface area contributed by atoms with Gasteiger partial charge in [-0.05, 0) is 46.6 Å². The summed E-state index contributed by atoms with van der Waals surface area (Å²) in [5, 5.41) is 0.